The molecule has 0 saturated heterocycles. The number of aliphatic imine (C=N–C) groups is 1. The molecule has 0 amide bonds. The van der Waals surface area contributed by atoms with E-state index in [0.717, 1.165) is 28.0 Å². The van der Waals surface area contributed by atoms with Crippen molar-refractivity contribution in [2.24, 2.45) is 4.99 Å². The van der Waals surface area contributed by atoms with Gasteiger partial charge in [-0.25, -0.2) is 17.7 Å². The van der Waals surface area contributed by atoms with E-state index in [4.69, 9.17) is 4.99 Å². The predicted molar refractivity (Wildman–Crippen MR) is 147 cm³/mol. The van der Waals surface area contributed by atoms with Gasteiger partial charge in [0.15, 0.2) is 0 Å². The third-order valence-electron chi connectivity index (χ3n) is 6.44. The molecule has 0 aliphatic heterocycles. The van der Waals surface area contributed by atoms with E-state index >= 15 is 0 Å². The van der Waals surface area contributed by atoms with Gasteiger partial charge in [0, 0.05) is 11.1 Å². The molecule has 0 heterocycles. The van der Waals surface area contributed by atoms with Crippen molar-refractivity contribution in [2.75, 3.05) is 0 Å². The highest BCUT2D eigenvalue weighted by Crippen LogP contribution is 2.47. The summed E-state index contributed by atoms with van der Waals surface area (Å²) in [5, 5.41) is 0. The molecule has 1 aliphatic rings. The summed E-state index contributed by atoms with van der Waals surface area (Å²) in [7, 11) is -1.44. The lowest BCUT2D eigenvalue weighted by Gasteiger charge is -2.35. The standard InChI is InChI=1S/C31H28F2N2OS/c1-31(2,3)37(36)35-30-25-17-15-23(33)19-27(25)26-18-22(32)14-16-24(26)29(30)34-28(20-10-6-4-7-11-20)21-12-8-5-9-13-21/h4-19,29-30,35H,1-3H3/t29-,30-,37-/m0/s1. The topological polar surface area (TPSA) is 41.5 Å². The van der Waals surface area contributed by atoms with E-state index in [1.807, 2.05) is 81.4 Å². The summed E-state index contributed by atoms with van der Waals surface area (Å²) in [5.41, 5.74) is 5.25. The lowest BCUT2D eigenvalue weighted by atomic mass is 9.79. The number of hydrogen-bond donors (Lipinski definition) is 1. The average Bonchev–Trinajstić information content (AvgIpc) is 2.89. The van der Waals surface area contributed by atoms with Gasteiger partial charge in [0.2, 0.25) is 0 Å². The highest BCUT2D eigenvalue weighted by molar-refractivity contribution is 7.84. The van der Waals surface area contributed by atoms with Gasteiger partial charge in [-0.2, -0.15) is 0 Å². The largest absolute Gasteiger partial charge is 0.274 e. The lowest BCUT2D eigenvalue weighted by Crippen LogP contribution is -2.39. The van der Waals surface area contributed by atoms with Crippen LogP contribution in [-0.2, 0) is 11.0 Å². The zero-order valence-electron chi connectivity index (χ0n) is 20.9. The molecule has 0 unspecified atom stereocenters. The van der Waals surface area contributed by atoms with Crippen molar-refractivity contribution in [3.05, 3.63) is 131 Å². The van der Waals surface area contributed by atoms with Crippen molar-refractivity contribution in [3.63, 3.8) is 0 Å². The fraction of sp³-hybridized carbons (Fsp3) is 0.194. The van der Waals surface area contributed by atoms with E-state index in [2.05, 4.69) is 4.72 Å². The lowest BCUT2D eigenvalue weighted by molar-refractivity contribution is 0.515. The van der Waals surface area contributed by atoms with Crippen molar-refractivity contribution in [3.8, 4) is 11.1 Å². The van der Waals surface area contributed by atoms with Crippen LogP contribution in [0.15, 0.2) is 102 Å². The first-order valence-electron chi connectivity index (χ1n) is 12.2. The van der Waals surface area contributed by atoms with Crippen LogP contribution in [0.2, 0.25) is 0 Å². The van der Waals surface area contributed by atoms with Gasteiger partial charge in [-0.3, -0.25) is 4.99 Å². The normalized spacial score (nSPS) is 17.4. The molecular weight excluding hydrogens is 486 g/mol. The first-order valence-corrected chi connectivity index (χ1v) is 13.3. The van der Waals surface area contributed by atoms with Crippen molar-refractivity contribution < 1.29 is 13.0 Å². The molecule has 0 bridgehead atoms. The second-order valence-corrected chi connectivity index (χ2v) is 12.1. The maximum Gasteiger partial charge on any atom is 0.123 e. The molecule has 0 fully saturated rings. The third kappa shape index (κ3) is 5.17. The number of halogens is 2. The van der Waals surface area contributed by atoms with Gasteiger partial charge in [0.1, 0.15) is 11.6 Å². The Labute approximate surface area is 218 Å². The summed E-state index contributed by atoms with van der Waals surface area (Å²) in [4.78, 5) is 5.29. The Morgan fingerprint density at radius 1 is 0.757 bits per heavy atom. The first kappa shape index (κ1) is 25.2. The minimum Gasteiger partial charge on any atom is -0.274 e. The van der Waals surface area contributed by atoms with Crippen LogP contribution < -0.4 is 4.72 Å². The summed E-state index contributed by atoms with van der Waals surface area (Å²) in [6, 6.07) is 27.7. The van der Waals surface area contributed by atoms with Crippen LogP contribution in [0, 0.1) is 11.6 Å². The van der Waals surface area contributed by atoms with E-state index in [0.29, 0.717) is 11.1 Å². The predicted octanol–water partition coefficient (Wildman–Crippen LogP) is 7.32. The van der Waals surface area contributed by atoms with Crippen molar-refractivity contribution in [2.45, 2.75) is 37.6 Å². The molecule has 1 aliphatic carbocycles. The van der Waals surface area contributed by atoms with Crippen LogP contribution >= 0.6 is 0 Å². The number of nitrogens with one attached hydrogen (secondary N) is 1. The molecule has 4 aromatic carbocycles. The third-order valence-corrected chi connectivity index (χ3v) is 8.02. The van der Waals surface area contributed by atoms with E-state index in [9.17, 15) is 13.0 Å². The molecule has 3 atom stereocenters. The fourth-order valence-corrected chi connectivity index (χ4v) is 5.45. The van der Waals surface area contributed by atoms with E-state index in [1.54, 1.807) is 12.1 Å². The number of fused-ring (bicyclic) bond motifs is 3. The minimum atomic E-state index is -1.44. The second-order valence-electron chi connectivity index (χ2n) is 10.1. The molecule has 188 valence electrons. The SMILES string of the molecule is CC(C)(C)[S@](=O)N[C@H]1c2ccc(F)cc2-c2cc(F)ccc2[C@@H]1N=C(c1ccccc1)c1ccccc1. The molecule has 1 N–H and O–H groups in total. The van der Waals surface area contributed by atoms with E-state index < -0.39 is 39.5 Å². The number of hydrogen-bond acceptors (Lipinski definition) is 2. The zero-order chi connectivity index (χ0) is 26.2. The summed E-state index contributed by atoms with van der Waals surface area (Å²) >= 11 is 0. The van der Waals surface area contributed by atoms with Gasteiger partial charge in [-0.05, 0) is 67.3 Å². The molecule has 37 heavy (non-hydrogen) atoms. The highest BCUT2D eigenvalue weighted by atomic mass is 32.2. The Morgan fingerprint density at radius 2 is 1.24 bits per heavy atom. The van der Waals surface area contributed by atoms with Gasteiger partial charge in [-0.1, -0.05) is 72.8 Å². The van der Waals surface area contributed by atoms with Gasteiger partial charge >= 0.3 is 0 Å². The fourth-order valence-electron chi connectivity index (χ4n) is 4.61. The van der Waals surface area contributed by atoms with Crippen LogP contribution in [0.25, 0.3) is 11.1 Å². The zero-order valence-corrected chi connectivity index (χ0v) is 21.7. The maximum atomic E-state index is 14.5. The van der Waals surface area contributed by atoms with Gasteiger partial charge in [0.25, 0.3) is 0 Å². The van der Waals surface area contributed by atoms with Crippen LogP contribution in [0.3, 0.4) is 0 Å². The van der Waals surface area contributed by atoms with Crippen molar-refractivity contribution in [1.29, 1.82) is 0 Å². The summed E-state index contributed by atoms with van der Waals surface area (Å²) < 4.78 is 45.0. The number of benzene rings is 4. The van der Waals surface area contributed by atoms with Crippen molar-refractivity contribution >= 4 is 16.7 Å². The number of nitrogens with zero attached hydrogens (tertiary/aromatic N) is 1. The summed E-state index contributed by atoms with van der Waals surface area (Å²) in [5.74, 6) is -0.825. The quantitative estimate of drug-likeness (QED) is 0.279. The Hall–Kier alpha value is -3.48. The molecule has 0 aromatic heterocycles. The van der Waals surface area contributed by atoms with Crippen LogP contribution in [0.4, 0.5) is 8.78 Å². The molecule has 4 aromatic rings. The summed E-state index contributed by atoms with van der Waals surface area (Å²) in [6.45, 7) is 5.68. The smallest absolute Gasteiger partial charge is 0.123 e. The average molecular weight is 515 g/mol. The van der Waals surface area contributed by atoms with Crippen molar-refractivity contribution in [1.82, 2.24) is 4.72 Å². The van der Waals surface area contributed by atoms with Gasteiger partial charge in [-0.15, -0.1) is 0 Å². The maximum absolute atomic E-state index is 14.5. The first-order chi connectivity index (χ1) is 17.7. The summed E-state index contributed by atoms with van der Waals surface area (Å²) in [6.07, 6.45) is 0. The van der Waals surface area contributed by atoms with Crippen LogP contribution in [0.1, 0.15) is 55.1 Å². The second kappa shape index (κ2) is 10.1. The highest BCUT2D eigenvalue weighted by Gasteiger charge is 2.37. The Morgan fingerprint density at radius 3 is 1.76 bits per heavy atom. The van der Waals surface area contributed by atoms with Gasteiger partial charge in [0.05, 0.1) is 33.5 Å². The number of rotatable bonds is 5. The van der Waals surface area contributed by atoms with Crippen LogP contribution in [-0.4, -0.2) is 14.7 Å². The molecule has 0 saturated carbocycles. The Bertz CT molecular complexity index is 1440. The monoisotopic (exact) mass is 514 g/mol. The molecular formula is C31H28F2N2OS. The Balaban J connectivity index is 1.77. The van der Waals surface area contributed by atoms with Crippen LogP contribution in [0.5, 0.6) is 0 Å². The molecule has 5 rings (SSSR count). The minimum absolute atomic E-state index is 0.410. The van der Waals surface area contributed by atoms with E-state index in [1.165, 1.54) is 24.3 Å². The molecule has 3 nitrogen and oxygen atoms in total. The van der Waals surface area contributed by atoms with E-state index in [-0.39, 0.29) is 0 Å². The molecule has 0 spiro atoms. The van der Waals surface area contributed by atoms with Gasteiger partial charge < -0.3 is 0 Å². The Kier molecular flexibility index (Phi) is 6.88. The molecule has 6 heteroatoms. The molecule has 0 radical (unpaired) electrons.